The molecule has 1 heterocycles. The van der Waals surface area contributed by atoms with E-state index >= 15 is 0 Å². The lowest BCUT2D eigenvalue weighted by atomic mass is 9.85. The minimum absolute atomic E-state index is 0.126. The van der Waals surface area contributed by atoms with Crippen LogP contribution in [0.1, 0.15) is 19.4 Å². The van der Waals surface area contributed by atoms with Crippen LogP contribution in [-0.4, -0.2) is 4.98 Å². The van der Waals surface area contributed by atoms with Gasteiger partial charge in [0.15, 0.2) is 5.82 Å². The molecule has 0 atom stereocenters. The highest BCUT2D eigenvalue weighted by molar-refractivity contribution is 5.61. The molecule has 0 aliphatic heterocycles. The number of hydrogen-bond acceptors (Lipinski definition) is 2. The molecule has 0 saturated carbocycles. The summed E-state index contributed by atoms with van der Waals surface area (Å²) in [7, 11) is 0. The topological polar surface area (TPSA) is 36.7 Å². The van der Waals surface area contributed by atoms with Gasteiger partial charge in [0.1, 0.15) is 11.5 Å². The van der Waals surface area contributed by atoms with Gasteiger partial charge in [-0.05, 0) is 44.2 Å². The van der Waals surface area contributed by atoms with Crippen LogP contribution in [-0.2, 0) is 5.41 Å². The molecule has 0 unspecified atom stereocenters. The average molecular weight is 258 g/mol. The maximum absolute atomic E-state index is 14.4. The number of nitriles is 1. The molecular weight excluding hydrogens is 246 g/mol. The van der Waals surface area contributed by atoms with Gasteiger partial charge in [0.2, 0.25) is 0 Å². The number of halogens is 2. The fourth-order valence-corrected chi connectivity index (χ4v) is 1.80. The van der Waals surface area contributed by atoms with Gasteiger partial charge in [-0.15, -0.1) is 0 Å². The van der Waals surface area contributed by atoms with E-state index in [9.17, 15) is 8.78 Å². The summed E-state index contributed by atoms with van der Waals surface area (Å²) in [5.74, 6) is -0.932. The fourth-order valence-electron chi connectivity index (χ4n) is 1.80. The Balaban J connectivity index is 2.58. The average Bonchev–Trinajstić information content (AvgIpc) is 2.40. The van der Waals surface area contributed by atoms with Crippen LogP contribution >= 0.6 is 0 Å². The third kappa shape index (κ3) is 2.45. The van der Waals surface area contributed by atoms with Gasteiger partial charge in [-0.25, -0.2) is 8.78 Å². The number of benzene rings is 1. The van der Waals surface area contributed by atoms with Crippen molar-refractivity contribution < 1.29 is 8.78 Å². The lowest BCUT2D eigenvalue weighted by Gasteiger charge is -2.17. The fraction of sp³-hybridized carbons (Fsp3) is 0.200. The van der Waals surface area contributed by atoms with E-state index in [1.807, 2.05) is 0 Å². The normalized spacial score (nSPS) is 11.1. The van der Waals surface area contributed by atoms with Gasteiger partial charge < -0.3 is 0 Å². The molecule has 96 valence electrons. The molecule has 0 N–H and O–H groups in total. The SMILES string of the molecule is CC(C)(C#N)c1ccnc(-c2ccc(F)cc2)c1F. The Morgan fingerprint density at radius 3 is 2.32 bits per heavy atom. The first-order valence-electron chi connectivity index (χ1n) is 5.78. The van der Waals surface area contributed by atoms with Crippen molar-refractivity contribution in [2.24, 2.45) is 0 Å². The Hall–Kier alpha value is -2.28. The summed E-state index contributed by atoms with van der Waals surface area (Å²) in [6, 6.07) is 8.97. The largest absolute Gasteiger partial charge is 0.253 e. The van der Waals surface area contributed by atoms with Gasteiger partial charge in [0.05, 0.1) is 11.5 Å². The highest BCUT2D eigenvalue weighted by atomic mass is 19.1. The van der Waals surface area contributed by atoms with E-state index in [4.69, 9.17) is 5.26 Å². The molecule has 0 bridgehead atoms. The van der Waals surface area contributed by atoms with Gasteiger partial charge in [0, 0.05) is 17.3 Å². The second-order valence-corrected chi connectivity index (χ2v) is 4.76. The number of nitrogens with zero attached hydrogens (tertiary/aromatic N) is 2. The lowest BCUT2D eigenvalue weighted by Crippen LogP contribution is -2.17. The van der Waals surface area contributed by atoms with Crippen molar-refractivity contribution in [2.75, 3.05) is 0 Å². The standard InChI is InChI=1S/C15H12F2N2/c1-15(2,9-18)12-7-8-19-14(13(12)17)10-3-5-11(16)6-4-10/h3-8H,1-2H3. The molecule has 0 aliphatic rings. The molecule has 2 rings (SSSR count). The predicted octanol–water partition coefficient (Wildman–Crippen LogP) is 3.83. The molecule has 4 heteroatoms. The third-order valence-electron chi connectivity index (χ3n) is 2.96. The first-order chi connectivity index (χ1) is 8.95. The van der Waals surface area contributed by atoms with Crippen LogP contribution in [0.5, 0.6) is 0 Å². The summed E-state index contributed by atoms with van der Waals surface area (Å²) in [4.78, 5) is 3.98. The van der Waals surface area contributed by atoms with Gasteiger partial charge in [-0.1, -0.05) is 0 Å². The van der Waals surface area contributed by atoms with Crippen LogP contribution in [0.2, 0.25) is 0 Å². The van der Waals surface area contributed by atoms with Gasteiger partial charge >= 0.3 is 0 Å². The quantitative estimate of drug-likeness (QED) is 0.820. The highest BCUT2D eigenvalue weighted by Crippen LogP contribution is 2.30. The summed E-state index contributed by atoms with van der Waals surface area (Å²) in [5.41, 5.74) is -0.0541. The van der Waals surface area contributed by atoms with E-state index in [-0.39, 0.29) is 11.3 Å². The molecule has 19 heavy (non-hydrogen) atoms. The zero-order chi connectivity index (χ0) is 14.0. The number of aromatic nitrogens is 1. The minimum Gasteiger partial charge on any atom is -0.253 e. The monoisotopic (exact) mass is 258 g/mol. The summed E-state index contributed by atoms with van der Waals surface area (Å²) in [6.45, 7) is 3.28. The van der Waals surface area contributed by atoms with E-state index in [1.165, 1.54) is 36.5 Å². The molecule has 2 nitrogen and oxygen atoms in total. The predicted molar refractivity (Wildman–Crippen MR) is 68.2 cm³/mol. The van der Waals surface area contributed by atoms with Crippen LogP contribution in [0.15, 0.2) is 36.5 Å². The van der Waals surface area contributed by atoms with E-state index < -0.39 is 17.0 Å². The van der Waals surface area contributed by atoms with Crippen LogP contribution < -0.4 is 0 Å². The summed E-state index contributed by atoms with van der Waals surface area (Å²) < 4.78 is 27.3. The van der Waals surface area contributed by atoms with E-state index in [1.54, 1.807) is 13.8 Å². The first kappa shape index (κ1) is 13.2. The van der Waals surface area contributed by atoms with Gasteiger partial charge in [-0.3, -0.25) is 4.98 Å². The van der Waals surface area contributed by atoms with Gasteiger partial charge in [-0.2, -0.15) is 5.26 Å². The zero-order valence-electron chi connectivity index (χ0n) is 10.6. The Kier molecular flexibility index (Phi) is 3.30. The Labute approximate surface area is 110 Å². The highest BCUT2D eigenvalue weighted by Gasteiger charge is 2.26. The Morgan fingerprint density at radius 2 is 1.74 bits per heavy atom. The maximum Gasteiger partial charge on any atom is 0.154 e. The molecule has 0 amide bonds. The third-order valence-corrected chi connectivity index (χ3v) is 2.96. The minimum atomic E-state index is -0.943. The Morgan fingerprint density at radius 1 is 1.11 bits per heavy atom. The smallest absolute Gasteiger partial charge is 0.154 e. The van der Waals surface area contributed by atoms with Crippen molar-refractivity contribution in [3.05, 3.63) is 53.7 Å². The summed E-state index contributed by atoms with van der Waals surface area (Å²) in [5, 5.41) is 9.08. The van der Waals surface area contributed by atoms with E-state index in [2.05, 4.69) is 11.1 Å². The molecule has 0 radical (unpaired) electrons. The first-order valence-corrected chi connectivity index (χ1v) is 5.78. The number of pyridine rings is 1. The zero-order valence-corrected chi connectivity index (χ0v) is 10.6. The van der Waals surface area contributed by atoms with Crippen molar-refractivity contribution in [2.45, 2.75) is 19.3 Å². The van der Waals surface area contributed by atoms with Crippen LogP contribution in [0.25, 0.3) is 11.3 Å². The maximum atomic E-state index is 14.4. The number of rotatable bonds is 2. The molecule has 1 aromatic heterocycles. The summed E-state index contributed by atoms with van der Waals surface area (Å²) >= 11 is 0. The summed E-state index contributed by atoms with van der Waals surface area (Å²) in [6.07, 6.45) is 1.45. The lowest BCUT2D eigenvalue weighted by molar-refractivity contribution is 0.563. The van der Waals surface area contributed by atoms with Crippen molar-refractivity contribution >= 4 is 0 Å². The molecule has 0 fully saturated rings. The van der Waals surface area contributed by atoms with Crippen molar-refractivity contribution in [3.8, 4) is 17.3 Å². The van der Waals surface area contributed by atoms with Crippen molar-refractivity contribution in [3.63, 3.8) is 0 Å². The van der Waals surface area contributed by atoms with Crippen LogP contribution in [0.4, 0.5) is 8.78 Å². The second kappa shape index (κ2) is 4.77. The van der Waals surface area contributed by atoms with Crippen molar-refractivity contribution in [1.29, 1.82) is 5.26 Å². The number of hydrogen-bond donors (Lipinski definition) is 0. The van der Waals surface area contributed by atoms with Crippen molar-refractivity contribution in [1.82, 2.24) is 4.98 Å². The molecule has 0 spiro atoms. The molecule has 2 aromatic rings. The molecular formula is C15H12F2N2. The molecule has 0 aliphatic carbocycles. The van der Waals surface area contributed by atoms with Crippen LogP contribution in [0, 0.1) is 23.0 Å². The molecule has 1 aromatic carbocycles. The van der Waals surface area contributed by atoms with Crippen LogP contribution in [0.3, 0.4) is 0 Å². The van der Waals surface area contributed by atoms with Gasteiger partial charge in [0.25, 0.3) is 0 Å². The van der Waals surface area contributed by atoms with E-state index in [0.29, 0.717) is 5.56 Å². The molecule has 0 saturated heterocycles. The second-order valence-electron chi connectivity index (χ2n) is 4.76. The Bertz CT molecular complexity index is 640. The van der Waals surface area contributed by atoms with E-state index in [0.717, 1.165) is 0 Å².